The number of likely N-dealkylation sites (tertiary alicyclic amines) is 1. The molecule has 4 heterocycles. The first-order valence-corrected chi connectivity index (χ1v) is 13.0. The molecular weight excluding hydrogens is 424 g/mol. The molecule has 170 valence electrons. The maximum atomic E-state index is 13.1. The summed E-state index contributed by atoms with van der Waals surface area (Å²) in [7, 11) is -1.40. The molecule has 0 saturated carbocycles. The highest BCUT2D eigenvalue weighted by Crippen LogP contribution is 2.36. The number of para-hydroxylation sites is 1. The first kappa shape index (κ1) is 21.3. The number of sulfonamides is 1. The molecule has 2 aromatic heterocycles. The third-order valence-corrected chi connectivity index (χ3v) is 8.27. The zero-order chi connectivity index (χ0) is 22.5. The maximum absolute atomic E-state index is 13.1. The van der Waals surface area contributed by atoms with Crippen LogP contribution in [0.2, 0.25) is 0 Å². The molecule has 7 nitrogen and oxygen atoms in total. The zero-order valence-corrected chi connectivity index (χ0v) is 19.4. The number of rotatable bonds is 6. The van der Waals surface area contributed by atoms with Gasteiger partial charge in [0.15, 0.2) is 0 Å². The zero-order valence-electron chi connectivity index (χ0n) is 18.6. The van der Waals surface area contributed by atoms with E-state index in [1.807, 2.05) is 13.0 Å². The van der Waals surface area contributed by atoms with Crippen LogP contribution in [0.25, 0.3) is 10.9 Å². The monoisotopic (exact) mass is 454 g/mol. The van der Waals surface area contributed by atoms with Gasteiger partial charge < -0.3 is 9.13 Å². The number of hydrogen-bond donors (Lipinski definition) is 1. The normalized spacial score (nSPS) is 20.9. The minimum absolute atomic E-state index is 0.0164. The summed E-state index contributed by atoms with van der Waals surface area (Å²) in [5, 5.41) is 1.30. The van der Waals surface area contributed by atoms with E-state index >= 15 is 0 Å². The summed E-state index contributed by atoms with van der Waals surface area (Å²) >= 11 is 0. The fourth-order valence-corrected chi connectivity index (χ4v) is 6.66. The molecule has 2 aliphatic rings. The van der Waals surface area contributed by atoms with E-state index in [0.717, 1.165) is 31.7 Å². The predicted molar refractivity (Wildman–Crippen MR) is 127 cm³/mol. The van der Waals surface area contributed by atoms with Gasteiger partial charge in [0.05, 0.1) is 5.75 Å². The average molecular weight is 455 g/mol. The lowest BCUT2D eigenvalue weighted by Gasteiger charge is -2.43. The molecule has 0 radical (unpaired) electrons. The van der Waals surface area contributed by atoms with E-state index in [1.54, 1.807) is 10.6 Å². The van der Waals surface area contributed by atoms with Crippen LogP contribution in [0.15, 0.2) is 47.4 Å². The Bertz CT molecular complexity index is 1320. The maximum Gasteiger partial charge on any atom is 0.275 e. The van der Waals surface area contributed by atoms with E-state index in [-0.39, 0.29) is 22.9 Å². The van der Waals surface area contributed by atoms with Crippen molar-refractivity contribution in [2.75, 3.05) is 23.6 Å². The van der Waals surface area contributed by atoms with E-state index in [0.29, 0.717) is 18.9 Å². The van der Waals surface area contributed by atoms with Gasteiger partial charge in [-0.2, -0.15) is 0 Å². The molecule has 3 aromatic rings. The number of aryl methyl sites for hydroxylation is 1. The van der Waals surface area contributed by atoms with Crippen LogP contribution < -0.4 is 10.3 Å². The summed E-state index contributed by atoms with van der Waals surface area (Å²) in [6.45, 7) is 5.19. The minimum Gasteiger partial charge on any atom is -0.350 e. The van der Waals surface area contributed by atoms with Gasteiger partial charge in [-0.1, -0.05) is 25.1 Å². The Balaban J connectivity index is 1.39. The van der Waals surface area contributed by atoms with Crippen LogP contribution in [0.4, 0.5) is 5.69 Å². The first-order valence-electron chi connectivity index (χ1n) is 11.3. The summed E-state index contributed by atoms with van der Waals surface area (Å²) in [6, 6.07) is 12.1. The van der Waals surface area contributed by atoms with E-state index in [1.165, 1.54) is 16.5 Å². The van der Waals surface area contributed by atoms with Gasteiger partial charge in [-0.25, -0.2) is 8.42 Å². The standard InChI is InChI=1S/C24H30N4O3S/c1-3-10-32(30,31)25-21-8-9-22-18-11-17(13-28(22)24(21)29)12-27(15-18)16-19-14-26(2)23-7-5-4-6-20(19)23/h4-9,14,17-18,25H,3,10-13,15-16H2,1-2H3/t17-,18+/m0/s1. The molecule has 1 N–H and O–H groups in total. The van der Waals surface area contributed by atoms with Crippen molar-refractivity contribution in [2.45, 2.75) is 38.8 Å². The Labute approximate surface area is 188 Å². The molecule has 1 aromatic carbocycles. The van der Waals surface area contributed by atoms with Crippen molar-refractivity contribution >= 4 is 26.6 Å². The van der Waals surface area contributed by atoms with Crippen LogP contribution in [-0.2, 0) is 30.2 Å². The van der Waals surface area contributed by atoms with Gasteiger partial charge >= 0.3 is 0 Å². The van der Waals surface area contributed by atoms with Crippen LogP contribution in [0.3, 0.4) is 0 Å². The quantitative estimate of drug-likeness (QED) is 0.621. The van der Waals surface area contributed by atoms with Gasteiger partial charge in [-0.3, -0.25) is 14.4 Å². The molecule has 1 saturated heterocycles. The highest BCUT2D eigenvalue weighted by Gasteiger charge is 2.35. The number of fused-ring (bicyclic) bond motifs is 5. The van der Waals surface area contributed by atoms with E-state index in [9.17, 15) is 13.2 Å². The van der Waals surface area contributed by atoms with E-state index < -0.39 is 10.0 Å². The van der Waals surface area contributed by atoms with Crippen LogP contribution in [-0.4, -0.2) is 41.3 Å². The smallest absolute Gasteiger partial charge is 0.275 e. The van der Waals surface area contributed by atoms with Crippen molar-refractivity contribution in [3.8, 4) is 0 Å². The topological polar surface area (TPSA) is 76.3 Å². The molecule has 2 atom stereocenters. The lowest BCUT2D eigenvalue weighted by atomic mass is 9.83. The third kappa shape index (κ3) is 3.86. The summed E-state index contributed by atoms with van der Waals surface area (Å²) in [5.74, 6) is 0.686. The van der Waals surface area contributed by atoms with Gasteiger partial charge in [-0.05, 0) is 42.5 Å². The van der Waals surface area contributed by atoms with Crippen LogP contribution >= 0.6 is 0 Å². The summed E-state index contributed by atoms with van der Waals surface area (Å²) < 4.78 is 30.8. The van der Waals surface area contributed by atoms with E-state index in [2.05, 4.69) is 51.7 Å². The highest BCUT2D eigenvalue weighted by molar-refractivity contribution is 7.92. The Morgan fingerprint density at radius 3 is 2.72 bits per heavy atom. The molecule has 8 heteroatoms. The fraction of sp³-hybridized carbons (Fsp3) is 0.458. The molecule has 0 aliphatic carbocycles. The van der Waals surface area contributed by atoms with Crippen molar-refractivity contribution in [1.29, 1.82) is 0 Å². The number of nitrogens with one attached hydrogen (secondary N) is 1. The Kier molecular flexibility index (Phi) is 5.37. The Morgan fingerprint density at radius 1 is 1.09 bits per heavy atom. The predicted octanol–water partition coefficient (Wildman–Crippen LogP) is 3.11. The second-order valence-corrected chi connectivity index (χ2v) is 11.1. The van der Waals surface area contributed by atoms with Crippen LogP contribution in [0, 0.1) is 5.92 Å². The second-order valence-electron chi connectivity index (χ2n) is 9.28. The first-order chi connectivity index (χ1) is 15.3. The average Bonchev–Trinajstić information content (AvgIpc) is 3.06. The van der Waals surface area contributed by atoms with Gasteiger partial charge in [0.1, 0.15) is 5.69 Å². The second kappa shape index (κ2) is 8.08. The lowest BCUT2D eigenvalue weighted by Crippen LogP contribution is -2.47. The number of pyridine rings is 1. The van der Waals surface area contributed by atoms with Crippen LogP contribution in [0.5, 0.6) is 0 Å². The summed E-state index contributed by atoms with van der Waals surface area (Å²) in [4.78, 5) is 15.6. The van der Waals surface area contributed by atoms with Crippen molar-refractivity contribution in [3.63, 3.8) is 0 Å². The largest absolute Gasteiger partial charge is 0.350 e. The summed E-state index contributed by atoms with van der Waals surface area (Å²) in [5.41, 5.74) is 3.54. The number of nitrogens with zero attached hydrogens (tertiary/aromatic N) is 3. The van der Waals surface area contributed by atoms with Crippen molar-refractivity contribution in [3.05, 3.63) is 64.2 Å². The molecule has 0 amide bonds. The number of anilines is 1. The number of piperidine rings is 1. The SMILES string of the molecule is CCCS(=O)(=O)Nc1ccc2n(c1=O)C[C@H]1C[C@@H]2CN(Cc2cn(C)c3ccccc23)C1. The molecule has 2 aliphatic heterocycles. The van der Waals surface area contributed by atoms with Gasteiger partial charge in [0.25, 0.3) is 5.56 Å². The van der Waals surface area contributed by atoms with Gasteiger partial charge in [0.2, 0.25) is 10.0 Å². The molecule has 5 rings (SSSR count). The fourth-order valence-electron chi connectivity index (χ4n) is 5.53. The van der Waals surface area contributed by atoms with Gasteiger partial charge in [-0.15, -0.1) is 0 Å². The van der Waals surface area contributed by atoms with E-state index in [4.69, 9.17) is 0 Å². The summed E-state index contributed by atoms with van der Waals surface area (Å²) in [6.07, 6.45) is 3.81. The Hall–Kier alpha value is -2.58. The number of hydrogen-bond acceptors (Lipinski definition) is 4. The molecule has 32 heavy (non-hydrogen) atoms. The molecular formula is C24H30N4O3S. The van der Waals surface area contributed by atoms with Crippen molar-refractivity contribution in [1.82, 2.24) is 14.0 Å². The molecule has 2 bridgehead atoms. The highest BCUT2D eigenvalue weighted by atomic mass is 32.2. The lowest BCUT2D eigenvalue weighted by molar-refractivity contribution is 0.115. The number of benzene rings is 1. The number of aromatic nitrogens is 2. The molecule has 1 fully saturated rings. The molecule has 0 unspecified atom stereocenters. The minimum atomic E-state index is -3.49. The third-order valence-electron chi connectivity index (χ3n) is 6.79. The van der Waals surface area contributed by atoms with Crippen molar-refractivity contribution in [2.24, 2.45) is 13.0 Å². The van der Waals surface area contributed by atoms with Gasteiger partial charge in [0, 0.05) is 61.9 Å². The van der Waals surface area contributed by atoms with Crippen LogP contribution in [0.1, 0.15) is 36.9 Å². The van der Waals surface area contributed by atoms with Crippen molar-refractivity contribution < 1.29 is 8.42 Å². The Morgan fingerprint density at radius 2 is 1.91 bits per heavy atom. The molecule has 0 spiro atoms.